The van der Waals surface area contributed by atoms with E-state index in [1.165, 1.54) is 128 Å². The Morgan fingerprint density at radius 3 is 1.18 bits per heavy atom. The van der Waals surface area contributed by atoms with Gasteiger partial charge in [-0.3, -0.25) is 4.90 Å². The summed E-state index contributed by atoms with van der Waals surface area (Å²) in [5.74, 6) is 0. The molecule has 0 aromatic heterocycles. The molecule has 0 heterocycles. The molecule has 0 rings (SSSR count). The van der Waals surface area contributed by atoms with Crippen molar-refractivity contribution in [2.24, 2.45) is 0 Å². The Morgan fingerprint density at radius 1 is 0.485 bits per heavy atom. The summed E-state index contributed by atoms with van der Waals surface area (Å²) in [7, 11) is 0. The van der Waals surface area contributed by atoms with E-state index in [4.69, 9.17) is 0 Å². The van der Waals surface area contributed by atoms with Crippen molar-refractivity contribution in [2.45, 2.75) is 174 Å². The molecule has 0 aliphatic heterocycles. The van der Waals surface area contributed by atoms with E-state index >= 15 is 0 Å². The predicted octanol–water partition coefficient (Wildman–Crippen LogP) is 8.65. The fraction of sp³-hybridized carbons (Fsp3) is 1.00. The summed E-state index contributed by atoms with van der Waals surface area (Å²) in [6, 6.07) is -0.0782. The number of rotatable bonds is 27. The van der Waals surface area contributed by atoms with Crippen LogP contribution in [0.1, 0.15) is 162 Å². The summed E-state index contributed by atoms with van der Waals surface area (Å²) in [6.45, 7) is 8.91. The first kappa shape index (κ1) is 32.9. The molecular weight excluding hydrogens is 406 g/mol. The van der Waals surface area contributed by atoms with Crippen LogP contribution in [0.3, 0.4) is 0 Å². The number of hydrogen-bond acceptors (Lipinski definition) is 3. The minimum atomic E-state index is -0.389. The molecule has 3 heteroatoms. The van der Waals surface area contributed by atoms with E-state index in [0.29, 0.717) is 0 Å². The largest absolute Gasteiger partial charge is 0.395 e. The lowest BCUT2D eigenvalue weighted by molar-refractivity contribution is 0.00858. The molecule has 33 heavy (non-hydrogen) atoms. The summed E-state index contributed by atoms with van der Waals surface area (Å²) >= 11 is 0. The molecular formula is C30H63NO2. The van der Waals surface area contributed by atoms with Crippen molar-refractivity contribution in [1.82, 2.24) is 4.90 Å². The maximum Gasteiger partial charge on any atom is 0.0717 e. The van der Waals surface area contributed by atoms with Crippen LogP contribution in [0.4, 0.5) is 0 Å². The van der Waals surface area contributed by atoms with Crippen LogP contribution in [-0.2, 0) is 0 Å². The lowest BCUT2D eigenvalue weighted by atomic mass is 10.00. The van der Waals surface area contributed by atoms with Gasteiger partial charge in [-0.15, -0.1) is 0 Å². The van der Waals surface area contributed by atoms with Gasteiger partial charge < -0.3 is 10.2 Å². The molecule has 0 fully saturated rings. The molecule has 0 aliphatic carbocycles. The zero-order chi connectivity index (χ0) is 24.4. The van der Waals surface area contributed by atoms with Gasteiger partial charge in [0.1, 0.15) is 0 Å². The molecule has 0 bridgehead atoms. The van der Waals surface area contributed by atoms with E-state index in [9.17, 15) is 10.2 Å². The van der Waals surface area contributed by atoms with Gasteiger partial charge in [-0.05, 0) is 32.4 Å². The molecule has 0 aromatic rings. The Kier molecular flexibility index (Phi) is 26.4. The highest BCUT2D eigenvalue weighted by molar-refractivity contribution is 4.79. The fourth-order valence-electron chi connectivity index (χ4n) is 4.97. The van der Waals surface area contributed by atoms with Gasteiger partial charge in [0.15, 0.2) is 0 Å². The van der Waals surface area contributed by atoms with Gasteiger partial charge in [0.25, 0.3) is 0 Å². The predicted molar refractivity (Wildman–Crippen MR) is 147 cm³/mol. The Morgan fingerprint density at radius 2 is 0.818 bits per heavy atom. The molecule has 0 radical (unpaired) electrons. The third-order valence-corrected chi connectivity index (χ3v) is 7.30. The molecule has 0 spiro atoms. The van der Waals surface area contributed by atoms with Crippen molar-refractivity contribution in [2.75, 3.05) is 19.7 Å². The van der Waals surface area contributed by atoms with Crippen molar-refractivity contribution in [1.29, 1.82) is 0 Å². The first-order valence-electron chi connectivity index (χ1n) is 15.2. The van der Waals surface area contributed by atoms with Crippen molar-refractivity contribution >= 4 is 0 Å². The number of hydrogen-bond donors (Lipinski definition) is 2. The third kappa shape index (κ3) is 20.9. The van der Waals surface area contributed by atoms with Crippen LogP contribution >= 0.6 is 0 Å². The molecule has 3 nitrogen and oxygen atoms in total. The molecule has 200 valence electrons. The summed E-state index contributed by atoms with van der Waals surface area (Å²) < 4.78 is 0. The average molecular weight is 470 g/mol. The summed E-state index contributed by atoms with van der Waals surface area (Å²) in [5.41, 5.74) is 0. The van der Waals surface area contributed by atoms with Gasteiger partial charge in [0.05, 0.1) is 18.8 Å². The van der Waals surface area contributed by atoms with Crippen LogP contribution in [0.15, 0.2) is 0 Å². The highest BCUT2D eigenvalue weighted by Gasteiger charge is 2.24. The number of unbranched alkanes of at least 4 members (excludes halogenated alkanes) is 18. The van der Waals surface area contributed by atoms with E-state index in [1.807, 2.05) is 0 Å². The standard InChI is InChI=1S/C30H63NO2/c1-4-7-10-13-14-15-16-17-18-19-20-21-22-25-30(33)29(28-32)31(26-23-11-8-5-2)27-24-12-9-6-3/h29-30,32-33H,4-28H2,1-3H3. The van der Waals surface area contributed by atoms with Gasteiger partial charge in [0.2, 0.25) is 0 Å². The van der Waals surface area contributed by atoms with Crippen LogP contribution in [0.5, 0.6) is 0 Å². The van der Waals surface area contributed by atoms with Crippen LogP contribution in [-0.4, -0.2) is 47.0 Å². The highest BCUT2D eigenvalue weighted by Crippen LogP contribution is 2.17. The van der Waals surface area contributed by atoms with Gasteiger partial charge in [-0.2, -0.15) is 0 Å². The Balaban J connectivity index is 3.99. The maximum absolute atomic E-state index is 10.9. The molecule has 2 unspecified atom stereocenters. The minimum absolute atomic E-state index is 0.0782. The molecule has 0 saturated heterocycles. The highest BCUT2D eigenvalue weighted by atomic mass is 16.3. The Hall–Kier alpha value is -0.120. The summed E-state index contributed by atoms with van der Waals surface area (Å²) in [5, 5.41) is 20.9. The zero-order valence-corrected chi connectivity index (χ0v) is 23.2. The summed E-state index contributed by atoms with van der Waals surface area (Å²) in [4.78, 5) is 2.40. The Bertz CT molecular complexity index is 351. The lowest BCUT2D eigenvalue weighted by Gasteiger charge is -2.34. The average Bonchev–Trinajstić information content (AvgIpc) is 2.82. The van der Waals surface area contributed by atoms with Crippen LogP contribution in [0.25, 0.3) is 0 Å². The fourth-order valence-corrected chi connectivity index (χ4v) is 4.97. The normalized spacial score (nSPS) is 13.6. The van der Waals surface area contributed by atoms with E-state index in [0.717, 1.165) is 25.9 Å². The van der Waals surface area contributed by atoms with Crippen molar-refractivity contribution in [3.8, 4) is 0 Å². The number of nitrogens with zero attached hydrogens (tertiary/aromatic N) is 1. The maximum atomic E-state index is 10.9. The van der Waals surface area contributed by atoms with Crippen LogP contribution in [0.2, 0.25) is 0 Å². The quantitative estimate of drug-likeness (QED) is 0.118. The van der Waals surface area contributed by atoms with Gasteiger partial charge >= 0.3 is 0 Å². The molecule has 0 amide bonds. The van der Waals surface area contributed by atoms with Crippen LogP contribution in [0, 0.1) is 0 Å². The van der Waals surface area contributed by atoms with Crippen molar-refractivity contribution < 1.29 is 10.2 Å². The monoisotopic (exact) mass is 469 g/mol. The van der Waals surface area contributed by atoms with Gasteiger partial charge in [-0.1, -0.05) is 143 Å². The molecule has 2 atom stereocenters. The first-order chi connectivity index (χ1) is 16.2. The van der Waals surface area contributed by atoms with Crippen LogP contribution < -0.4 is 0 Å². The van der Waals surface area contributed by atoms with Gasteiger partial charge in [-0.25, -0.2) is 0 Å². The molecule has 0 aliphatic rings. The first-order valence-corrected chi connectivity index (χ1v) is 15.2. The van der Waals surface area contributed by atoms with Gasteiger partial charge in [0, 0.05) is 0 Å². The number of aliphatic hydroxyl groups excluding tert-OH is 2. The van der Waals surface area contributed by atoms with E-state index in [2.05, 4.69) is 25.7 Å². The topological polar surface area (TPSA) is 43.7 Å². The van der Waals surface area contributed by atoms with Crippen molar-refractivity contribution in [3.05, 3.63) is 0 Å². The van der Waals surface area contributed by atoms with E-state index in [-0.39, 0.29) is 18.8 Å². The lowest BCUT2D eigenvalue weighted by Crippen LogP contribution is -2.47. The van der Waals surface area contributed by atoms with Crippen molar-refractivity contribution in [3.63, 3.8) is 0 Å². The molecule has 0 aromatic carbocycles. The second-order valence-corrected chi connectivity index (χ2v) is 10.5. The van der Waals surface area contributed by atoms with E-state index < -0.39 is 0 Å². The van der Waals surface area contributed by atoms with E-state index in [1.54, 1.807) is 0 Å². The second kappa shape index (κ2) is 26.5. The SMILES string of the molecule is CCCCCCCCCCCCCCCC(O)C(CO)N(CCCCCC)CCCCCC. The minimum Gasteiger partial charge on any atom is -0.395 e. The zero-order valence-electron chi connectivity index (χ0n) is 23.2. The number of aliphatic hydroxyl groups is 2. The smallest absolute Gasteiger partial charge is 0.0717 e. The molecule has 2 N–H and O–H groups in total. The third-order valence-electron chi connectivity index (χ3n) is 7.30. The molecule has 0 saturated carbocycles. The Labute approximate surface area is 209 Å². The second-order valence-electron chi connectivity index (χ2n) is 10.5. The summed E-state index contributed by atoms with van der Waals surface area (Å²) in [6.07, 6.45) is 28.0.